The lowest BCUT2D eigenvalue weighted by molar-refractivity contribution is -0.789. The number of benzene rings is 1. The molecule has 0 saturated heterocycles. The molecule has 1 aromatic rings. The van der Waals surface area contributed by atoms with Crippen molar-refractivity contribution in [2.45, 2.75) is 25.7 Å². The third-order valence-electron chi connectivity index (χ3n) is 2.84. The predicted octanol–water partition coefficient (Wildman–Crippen LogP) is 4.65. The second-order valence-electron chi connectivity index (χ2n) is 3.55. The van der Waals surface area contributed by atoms with Gasteiger partial charge in [-0.05, 0) is 45.0 Å². The third-order valence-corrected chi connectivity index (χ3v) is 4.74. The maximum Gasteiger partial charge on any atom is 0.112 e. The number of halogens is 2. The molecule has 0 amide bonds. The van der Waals surface area contributed by atoms with E-state index in [0.717, 1.165) is 28.5 Å². The first-order valence-electron chi connectivity index (χ1n) is 5.47. The number of rotatable bonds is 5. The summed E-state index contributed by atoms with van der Waals surface area (Å²) in [5, 5.41) is 0.807. The molecule has 0 aromatic heterocycles. The van der Waals surface area contributed by atoms with E-state index in [1.54, 1.807) is 0 Å². The van der Waals surface area contributed by atoms with Crippen molar-refractivity contribution in [1.82, 2.24) is 0 Å². The molecular formula is C12H20Cl2NS+. The van der Waals surface area contributed by atoms with Gasteiger partial charge >= 0.3 is 0 Å². The molecule has 1 nitrogen and oxygen atoms in total. The van der Waals surface area contributed by atoms with E-state index < -0.39 is 0 Å². The van der Waals surface area contributed by atoms with E-state index in [1.807, 2.05) is 24.1 Å². The van der Waals surface area contributed by atoms with Crippen molar-refractivity contribution in [2.24, 2.45) is 0 Å². The molecule has 4 heteroatoms. The van der Waals surface area contributed by atoms with E-state index >= 15 is 0 Å². The lowest BCUT2D eigenvalue weighted by Gasteiger charge is -2.32. The Morgan fingerprint density at radius 2 is 1.44 bits per heavy atom. The van der Waals surface area contributed by atoms with Gasteiger partial charge in [0.2, 0.25) is 0 Å². The molecule has 0 aliphatic rings. The van der Waals surface area contributed by atoms with Crippen molar-refractivity contribution in [1.29, 1.82) is 0 Å². The van der Waals surface area contributed by atoms with Crippen molar-refractivity contribution in [3.63, 3.8) is 0 Å². The first-order valence-corrected chi connectivity index (χ1v) is 6.62. The van der Waals surface area contributed by atoms with Gasteiger partial charge in [0.15, 0.2) is 0 Å². The van der Waals surface area contributed by atoms with Crippen LogP contribution in [-0.4, -0.2) is 23.5 Å². The van der Waals surface area contributed by atoms with Gasteiger partial charge in [-0.15, -0.1) is 12.4 Å². The maximum atomic E-state index is 5.87. The summed E-state index contributed by atoms with van der Waals surface area (Å²) in [5.41, 5.74) is 0. The highest BCUT2D eigenvalue weighted by Gasteiger charge is 2.23. The minimum atomic E-state index is 0. The second-order valence-corrected chi connectivity index (χ2v) is 5.42. The normalized spacial score (nSPS) is 11.0. The standard InChI is InChI=1S/C12H19ClNS.ClH/c1-4-14(5-2,6-3)15-12-9-7-11(13)8-10-12;/h7-10H,4-6H2,1-3H3;1H/q+1;. The van der Waals surface area contributed by atoms with Gasteiger partial charge in [0.1, 0.15) is 11.9 Å². The van der Waals surface area contributed by atoms with Crippen LogP contribution < -0.4 is 0 Å². The number of hydrogen-bond donors (Lipinski definition) is 0. The van der Waals surface area contributed by atoms with Gasteiger partial charge < -0.3 is 0 Å². The van der Waals surface area contributed by atoms with Crippen molar-refractivity contribution in [3.8, 4) is 0 Å². The van der Waals surface area contributed by atoms with Gasteiger partial charge in [0.05, 0.1) is 24.5 Å². The van der Waals surface area contributed by atoms with Gasteiger partial charge in [0.25, 0.3) is 0 Å². The summed E-state index contributed by atoms with van der Waals surface area (Å²) in [5.74, 6) is 0. The summed E-state index contributed by atoms with van der Waals surface area (Å²) in [7, 11) is 0. The molecule has 1 rings (SSSR count). The fourth-order valence-electron chi connectivity index (χ4n) is 1.58. The smallest absolute Gasteiger partial charge is 0.112 e. The lowest BCUT2D eigenvalue weighted by atomic mass is 10.4. The molecule has 0 radical (unpaired) electrons. The number of nitrogens with zero attached hydrogens (tertiary/aromatic N) is 1. The summed E-state index contributed by atoms with van der Waals surface area (Å²) in [6.07, 6.45) is 0. The molecule has 0 unspecified atom stereocenters. The lowest BCUT2D eigenvalue weighted by Crippen LogP contribution is -2.40. The molecule has 16 heavy (non-hydrogen) atoms. The second kappa shape index (κ2) is 7.44. The summed E-state index contributed by atoms with van der Waals surface area (Å²) < 4.78 is 1.07. The Bertz CT molecular complexity index is 288. The van der Waals surface area contributed by atoms with Crippen LogP contribution in [0.1, 0.15) is 20.8 Å². The molecule has 0 atom stereocenters. The van der Waals surface area contributed by atoms with Gasteiger partial charge in [-0.25, -0.2) is 0 Å². The summed E-state index contributed by atoms with van der Waals surface area (Å²) in [6.45, 7) is 10.2. The highest BCUT2D eigenvalue weighted by atomic mass is 35.5. The Morgan fingerprint density at radius 3 is 1.81 bits per heavy atom. The molecule has 0 spiro atoms. The van der Waals surface area contributed by atoms with Crippen molar-refractivity contribution in [2.75, 3.05) is 19.6 Å². The zero-order chi connectivity index (χ0) is 11.3. The molecule has 1 aromatic carbocycles. The first-order chi connectivity index (χ1) is 7.15. The molecule has 0 aliphatic carbocycles. The largest absolute Gasteiger partial charge is 0.258 e. The van der Waals surface area contributed by atoms with Crippen LogP contribution >= 0.6 is 36.0 Å². The van der Waals surface area contributed by atoms with E-state index in [0.29, 0.717) is 0 Å². The minimum Gasteiger partial charge on any atom is -0.258 e. The monoisotopic (exact) mass is 280 g/mol. The van der Waals surface area contributed by atoms with Crippen LogP contribution in [0, 0.1) is 0 Å². The molecule has 92 valence electrons. The fraction of sp³-hybridized carbons (Fsp3) is 0.500. The average molecular weight is 281 g/mol. The Hall–Kier alpha value is 0.110. The maximum absolute atomic E-state index is 5.87. The Kier molecular flexibility index (Phi) is 7.49. The van der Waals surface area contributed by atoms with E-state index in [-0.39, 0.29) is 12.4 Å². The summed E-state index contributed by atoms with van der Waals surface area (Å²) in [4.78, 5) is 1.30. The topological polar surface area (TPSA) is 0 Å². The molecule has 0 fully saturated rings. The Labute approximate surface area is 114 Å². The molecule has 0 aliphatic heterocycles. The number of hydrogen-bond acceptors (Lipinski definition) is 1. The third kappa shape index (κ3) is 4.17. The molecule has 0 bridgehead atoms. The van der Waals surface area contributed by atoms with Crippen LogP contribution in [0.3, 0.4) is 0 Å². The Balaban J connectivity index is 0.00000225. The van der Waals surface area contributed by atoms with Crippen molar-refractivity contribution in [3.05, 3.63) is 29.3 Å². The highest BCUT2D eigenvalue weighted by molar-refractivity contribution is 7.93. The van der Waals surface area contributed by atoms with Gasteiger partial charge in [-0.3, -0.25) is 3.89 Å². The summed E-state index contributed by atoms with van der Waals surface area (Å²) >= 11 is 7.79. The van der Waals surface area contributed by atoms with Crippen LogP contribution in [0.4, 0.5) is 0 Å². The zero-order valence-corrected chi connectivity index (χ0v) is 12.5. The average Bonchev–Trinajstić information content (AvgIpc) is 2.29. The fourth-order valence-corrected chi connectivity index (χ4v) is 2.80. The van der Waals surface area contributed by atoms with Crippen molar-refractivity contribution >= 4 is 36.0 Å². The highest BCUT2D eigenvalue weighted by Crippen LogP contribution is 2.31. The van der Waals surface area contributed by atoms with Crippen LogP contribution in [-0.2, 0) is 0 Å². The van der Waals surface area contributed by atoms with Crippen LogP contribution in [0.25, 0.3) is 0 Å². The predicted molar refractivity (Wildman–Crippen MR) is 76.4 cm³/mol. The Morgan fingerprint density at radius 1 is 1.00 bits per heavy atom. The van der Waals surface area contributed by atoms with E-state index in [1.165, 1.54) is 4.90 Å². The minimum absolute atomic E-state index is 0. The molecule has 0 saturated carbocycles. The van der Waals surface area contributed by atoms with E-state index in [9.17, 15) is 0 Å². The van der Waals surface area contributed by atoms with Crippen molar-refractivity contribution < 1.29 is 3.89 Å². The van der Waals surface area contributed by atoms with Gasteiger partial charge in [0, 0.05) is 5.02 Å². The van der Waals surface area contributed by atoms with Gasteiger partial charge in [-0.2, -0.15) is 0 Å². The summed E-state index contributed by atoms with van der Waals surface area (Å²) in [6, 6.07) is 8.11. The molecule has 0 heterocycles. The quantitative estimate of drug-likeness (QED) is 0.559. The van der Waals surface area contributed by atoms with Crippen LogP contribution in [0.2, 0.25) is 5.02 Å². The zero-order valence-electron chi connectivity index (χ0n) is 10.1. The van der Waals surface area contributed by atoms with Crippen LogP contribution in [0.5, 0.6) is 0 Å². The molecular weight excluding hydrogens is 261 g/mol. The molecule has 0 N–H and O–H groups in total. The first kappa shape index (κ1) is 16.1. The van der Waals surface area contributed by atoms with E-state index in [4.69, 9.17) is 11.6 Å². The number of quaternary nitrogens is 1. The van der Waals surface area contributed by atoms with E-state index in [2.05, 4.69) is 32.9 Å². The van der Waals surface area contributed by atoms with Crippen LogP contribution in [0.15, 0.2) is 29.2 Å². The SMILES string of the molecule is CC[N+](CC)(CC)Sc1ccc(Cl)cc1.Cl. The van der Waals surface area contributed by atoms with Gasteiger partial charge in [-0.1, -0.05) is 11.6 Å².